The number of hydrogen-bond acceptors (Lipinski definition) is 8. The Kier molecular flexibility index (Phi) is 6.66. The van der Waals surface area contributed by atoms with E-state index >= 15 is 0 Å². The highest BCUT2D eigenvalue weighted by atomic mass is 15.2. The first-order valence-corrected chi connectivity index (χ1v) is 9.83. The third-order valence-corrected chi connectivity index (χ3v) is 4.94. The molecule has 152 valence electrons. The van der Waals surface area contributed by atoms with Crippen molar-refractivity contribution in [2.75, 3.05) is 43.4 Å². The molecule has 0 aliphatic carbocycles. The van der Waals surface area contributed by atoms with E-state index < -0.39 is 0 Å². The summed E-state index contributed by atoms with van der Waals surface area (Å²) < 4.78 is 0. The van der Waals surface area contributed by atoms with Crippen molar-refractivity contribution < 1.29 is 0 Å². The average Bonchev–Trinajstić information content (AvgIpc) is 2.75. The average molecular weight is 393 g/mol. The van der Waals surface area contributed by atoms with Gasteiger partial charge in [0, 0.05) is 50.7 Å². The molecule has 0 bridgehead atoms. The maximum absolute atomic E-state index is 8.73. The zero-order valence-corrected chi connectivity index (χ0v) is 16.9. The largest absolute Gasteiger partial charge is 0.397 e. The Balaban J connectivity index is 1.95. The molecule has 29 heavy (non-hydrogen) atoms. The third-order valence-electron chi connectivity index (χ3n) is 4.94. The molecule has 1 atom stereocenters. The summed E-state index contributed by atoms with van der Waals surface area (Å²) in [5.41, 5.74) is 9.67. The van der Waals surface area contributed by atoms with Crippen LogP contribution in [0.1, 0.15) is 35.4 Å². The fourth-order valence-corrected chi connectivity index (χ4v) is 3.30. The lowest BCUT2D eigenvalue weighted by atomic mass is 10.0. The molecular formula is C21H28N8. The summed E-state index contributed by atoms with van der Waals surface area (Å²) in [4.78, 5) is 15.6. The van der Waals surface area contributed by atoms with Crippen molar-refractivity contribution in [3.63, 3.8) is 0 Å². The van der Waals surface area contributed by atoms with Gasteiger partial charge in [-0.1, -0.05) is 6.07 Å². The van der Waals surface area contributed by atoms with Crippen LogP contribution >= 0.6 is 0 Å². The lowest BCUT2D eigenvalue weighted by molar-refractivity contribution is 0.584. The van der Waals surface area contributed by atoms with Gasteiger partial charge in [-0.05, 0) is 31.5 Å². The molecule has 8 nitrogen and oxygen atoms in total. The monoisotopic (exact) mass is 392 g/mol. The number of hydrogen-bond donors (Lipinski definition) is 4. The molecule has 5 N–H and O–H groups in total. The number of aliphatic imine (C=N–C) groups is 1. The second-order valence-electron chi connectivity index (χ2n) is 6.99. The predicted molar refractivity (Wildman–Crippen MR) is 119 cm³/mol. The van der Waals surface area contributed by atoms with Crippen molar-refractivity contribution in [1.82, 2.24) is 15.3 Å². The Morgan fingerprint density at radius 1 is 1.38 bits per heavy atom. The molecule has 1 aliphatic heterocycles. The molecule has 0 spiro atoms. The summed E-state index contributed by atoms with van der Waals surface area (Å²) >= 11 is 0. The smallest absolute Gasteiger partial charge is 0.132 e. The molecule has 1 saturated heterocycles. The van der Waals surface area contributed by atoms with Gasteiger partial charge in [-0.15, -0.1) is 0 Å². The van der Waals surface area contributed by atoms with Gasteiger partial charge >= 0.3 is 0 Å². The Morgan fingerprint density at radius 2 is 2.14 bits per heavy atom. The van der Waals surface area contributed by atoms with E-state index in [1.54, 1.807) is 18.5 Å². The van der Waals surface area contributed by atoms with Crippen molar-refractivity contribution in [3.05, 3.63) is 46.9 Å². The zero-order chi connectivity index (χ0) is 20.8. The van der Waals surface area contributed by atoms with E-state index in [1.807, 2.05) is 26.0 Å². The van der Waals surface area contributed by atoms with Crippen molar-refractivity contribution in [1.29, 1.82) is 10.8 Å². The number of piperazine rings is 1. The molecule has 0 saturated carbocycles. The number of nitrogens with two attached hydrogens (primary N) is 1. The standard InChI is InChI=1S/C21H28N8/c1-3-25-12-15(11-22)19-10-16(17(23)13-27-19)20(24)18-5-4-14(2)21(28-18)29-8-6-26-7-9-29/h4-5,10-13,15,22,24,26H,3,6-9,23H2,1-2H3. The Hall–Kier alpha value is -3.13. The number of pyridine rings is 2. The van der Waals surface area contributed by atoms with Gasteiger partial charge in [-0.3, -0.25) is 15.4 Å². The molecule has 2 aromatic heterocycles. The molecule has 1 unspecified atom stereocenters. The predicted octanol–water partition coefficient (Wildman–Crippen LogP) is 2.02. The minimum absolute atomic E-state index is 0.249. The van der Waals surface area contributed by atoms with Gasteiger partial charge in [0.15, 0.2) is 0 Å². The number of nitrogens with zero attached hydrogens (tertiary/aromatic N) is 4. The molecule has 0 aromatic carbocycles. The van der Waals surface area contributed by atoms with Gasteiger partial charge in [0.2, 0.25) is 0 Å². The highest BCUT2D eigenvalue weighted by Gasteiger charge is 2.18. The maximum atomic E-state index is 8.73. The van der Waals surface area contributed by atoms with E-state index in [0.717, 1.165) is 37.6 Å². The van der Waals surface area contributed by atoms with Crippen LogP contribution in [0.3, 0.4) is 0 Å². The minimum Gasteiger partial charge on any atom is -0.397 e. The van der Waals surface area contributed by atoms with Gasteiger partial charge in [0.05, 0.1) is 34.9 Å². The normalized spacial score (nSPS) is 15.4. The van der Waals surface area contributed by atoms with Crippen molar-refractivity contribution in [2.24, 2.45) is 4.99 Å². The lowest BCUT2D eigenvalue weighted by Crippen LogP contribution is -2.44. The topological polar surface area (TPSA) is 127 Å². The molecule has 0 amide bonds. The van der Waals surface area contributed by atoms with E-state index in [4.69, 9.17) is 21.5 Å². The van der Waals surface area contributed by atoms with Crippen LogP contribution < -0.4 is 16.0 Å². The Bertz CT molecular complexity index is 915. The van der Waals surface area contributed by atoms with E-state index in [2.05, 4.69) is 20.2 Å². The molecule has 3 rings (SSSR count). The Labute approximate surface area is 171 Å². The maximum Gasteiger partial charge on any atom is 0.132 e. The van der Waals surface area contributed by atoms with E-state index in [0.29, 0.717) is 29.2 Å². The zero-order valence-electron chi connectivity index (χ0n) is 16.9. The van der Waals surface area contributed by atoms with E-state index in [-0.39, 0.29) is 11.6 Å². The number of nitrogens with one attached hydrogen (secondary N) is 3. The van der Waals surface area contributed by atoms with Crippen LogP contribution in [0.5, 0.6) is 0 Å². The van der Waals surface area contributed by atoms with Crippen molar-refractivity contribution in [3.8, 4) is 0 Å². The number of aromatic nitrogens is 2. The van der Waals surface area contributed by atoms with Crippen LogP contribution in [-0.2, 0) is 0 Å². The highest BCUT2D eigenvalue weighted by Crippen LogP contribution is 2.23. The summed E-state index contributed by atoms with van der Waals surface area (Å²) in [6, 6.07) is 5.62. The van der Waals surface area contributed by atoms with Gasteiger partial charge in [-0.25, -0.2) is 4.98 Å². The van der Waals surface area contributed by atoms with Crippen LogP contribution in [0.2, 0.25) is 0 Å². The Morgan fingerprint density at radius 3 is 2.83 bits per heavy atom. The summed E-state index contributed by atoms with van der Waals surface area (Å²) in [5.74, 6) is 0.568. The summed E-state index contributed by atoms with van der Waals surface area (Å²) in [6.07, 6.45) is 4.53. The third kappa shape index (κ3) is 4.65. The van der Waals surface area contributed by atoms with Crippen LogP contribution in [-0.4, -0.2) is 60.8 Å². The molecule has 8 heteroatoms. The van der Waals surface area contributed by atoms with Gasteiger partial charge < -0.3 is 21.4 Å². The van der Waals surface area contributed by atoms with Gasteiger partial charge in [-0.2, -0.15) is 0 Å². The second kappa shape index (κ2) is 9.38. The van der Waals surface area contributed by atoms with Crippen LogP contribution in [0.15, 0.2) is 29.4 Å². The van der Waals surface area contributed by atoms with Crippen molar-refractivity contribution in [2.45, 2.75) is 19.8 Å². The van der Waals surface area contributed by atoms with E-state index in [1.165, 1.54) is 6.21 Å². The van der Waals surface area contributed by atoms with Gasteiger partial charge in [0.1, 0.15) is 5.82 Å². The highest BCUT2D eigenvalue weighted by molar-refractivity contribution is 6.13. The number of rotatable bonds is 7. The first kappa shape index (κ1) is 20.6. The summed E-state index contributed by atoms with van der Waals surface area (Å²) in [6.45, 7) is 8.26. The van der Waals surface area contributed by atoms with E-state index in [9.17, 15) is 0 Å². The molecule has 1 fully saturated rings. The van der Waals surface area contributed by atoms with Crippen LogP contribution in [0, 0.1) is 17.7 Å². The minimum atomic E-state index is -0.343. The van der Waals surface area contributed by atoms with Crippen LogP contribution in [0.25, 0.3) is 0 Å². The summed E-state index contributed by atoms with van der Waals surface area (Å²) in [7, 11) is 0. The SMILES string of the molecule is CCN=CC(C=N)c1cc(C(=N)c2ccc(C)c(N3CCNCC3)n2)c(N)cn1. The van der Waals surface area contributed by atoms with Crippen molar-refractivity contribution >= 4 is 29.6 Å². The first-order chi connectivity index (χ1) is 14.0. The fraction of sp³-hybridized carbons (Fsp3) is 0.381. The number of aryl methyl sites for hydroxylation is 1. The molecular weight excluding hydrogens is 364 g/mol. The molecule has 0 radical (unpaired) electrons. The molecule has 1 aliphatic rings. The summed E-state index contributed by atoms with van der Waals surface area (Å²) in [5, 5.41) is 19.8. The number of anilines is 2. The first-order valence-electron chi connectivity index (χ1n) is 9.83. The molecule has 2 aromatic rings. The molecule has 3 heterocycles. The van der Waals surface area contributed by atoms with Gasteiger partial charge in [0.25, 0.3) is 0 Å². The second-order valence-corrected chi connectivity index (χ2v) is 6.99. The quantitative estimate of drug-likeness (QED) is 0.536. The lowest BCUT2D eigenvalue weighted by Gasteiger charge is -2.30. The fourth-order valence-electron chi connectivity index (χ4n) is 3.30. The van der Waals surface area contributed by atoms with Crippen LogP contribution in [0.4, 0.5) is 11.5 Å². The number of nitrogen functional groups attached to an aromatic ring is 1.